The number of rotatable bonds is 9. The van der Waals surface area contributed by atoms with Gasteiger partial charge in [-0.05, 0) is 123 Å². The molecule has 5 nitrogen and oxygen atoms in total. The van der Waals surface area contributed by atoms with Crippen LogP contribution < -0.4 is 14.5 Å². The molecule has 2 aromatic heterocycles. The highest BCUT2D eigenvalue weighted by atomic mass is 16.5. The number of hydrogen-bond donors (Lipinski definition) is 0. The average Bonchev–Trinajstić information content (AvgIpc) is 3.87. The lowest BCUT2D eigenvalue weighted by Gasteiger charge is -2.29. The first-order valence-electron chi connectivity index (χ1n) is 21.6. The second-order valence-electron chi connectivity index (χ2n) is 19.1. The Morgan fingerprint density at radius 1 is 0.541 bits per heavy atom. The molecular weight excluding hydrogens is 745 g/mol. The van der Waals surface area contributed by atoms with Crippen LogP contribution in [0.4, 0.5) is 11.4 Å². The van der Waals surface area contributed by atoms with Crippen molar-refractivity contribution in [3.63, 3.8) is 0 Å². The lowest BCUT2D eigenvalue weighted by atomic mass is 9.80. The Morgan fingerprint density at radius 2 is 1.18 bits per heavy atom. The third-order valence-corrected chi connectivity index (χ3v) is 11.8. The quantitative estimate of drug-likeness (QED) is 0.146. The molecule has 0 radical (unpaired) electrons. The van der Waals surface area contributed by atoms with E-state index in [-0.39, 0.29) is 10.8 Å². The monoisotopic (exact) mass is 800 g/mol. The molecule has 306 valence electrons. The summed E-state index contributed by atoms with van der Waals surface area (Å²) in [6.45, 7) is 19.0. The van der Waals surface area contributed by atoms with Crippen LogP contribution in [-0.2, 0) is 17.3 Å². The van der Waals surface area contributed by atoms with Crippen LogP contribution >= 0.6 is 0 Å². The molecule has 0 unspecified atom stereocenters. The molecule has 0 fully saturated rings. The van der Waals surface area contributed by atoms with Gasteiger partial charge in [0.2, 0.25) is 0 Å². The van der Waals surface area contributed by atoms with Gasteiger partial charge in [-0.15, -0.1) is 0 Å². The molecule has 0 aliphatic carbocycles. The minimum atomic E-state index is 0.0339. The van der Waals surface area contributed by atoms with Crippen LogP contribution in [-0.4, -0.2) is 16.2 Å². The first-order valence-corrected chi connectivity index (χ1v) is 21.6. The van der Waals surface area contributed by atoms with Gasteiger partial charge in [0.05, 0.1) is 17.7 Å². The summed E-state index contributed by atoms with van der Waals surface area (Å²) >= 11 is 0. The Kier molecular flexibility index (Phi) is 10.3. The predicted octanol–water partition coefficient (Wildman–Crippen LogP) is 14.9. The van der Waals surface area contributed by atoms with Crippen molar-refractivity contribution >= 4 is 33.2 Å². The summed E-state index contributed by atoms with van der Waals surface area (Å²) in [6, 6.07) is 52.5. The maximum absolute atomic E-state index is 6.92. The number of fused-ring (bicyclic) bond motifs is 3. The topological polar surface area (TPSA) is 33.5 Å². The standard InChI is InChI=1S/C56H56N4O/c1-38(2)27-39-23-24-57-54(28-39)60-52-22-19-42(40-15-11-9-12-16-40)31-51(52)50-21-20-48(36-53(50)60)61-49-30-43(41-17-13-10-14-18-41)29-46(35-49)58-25-26-59(37-58)47-33-44(55(3,4)5)32-45(34-47)56(6,7)8/h9-26,28-36,38H,27,37H2,1-8H3. The zero-order chi connectivity index (χ0) is 42.5. The Hall–Kier alpha value is -6.59. The van der Waals surface area contributed by atoms with Gasteiger partial charge in [0, 0.05) is 52.9 Å². The molecule has 6 aromatic carbocycles. The van der Waals surface area contributed by atoms with E-state index in [1.165, 1.54) is 38.9 Å². The van der Waals surface area contributed by atoms with Gasteiger partial charge < -0.3 is 14.5 Å². The first-order chi connectivity index (χ1) is 29.3. The highest BCUT2D eigenvalue weighted by Gasteiger charge is 2.25. The van der Waals surface area contributed by atoms with Gasteiger partial charge in [0.15, 0.2) is 0 Å². The normalized spacial score (nSPS) is 13.3. The van der Waals surface area contributed by atoms with E-state index in [4.69, 9.17) is 9.72 Å². The third kappa shape index (κ3) is 8.30. The fraction of sp³-hybridized carbons (Fsp3) is 0.232. The molecule has 1 aliphatic rings. The summed E-state index contributed by atoms with van der Waals surface area (Å²) in [5.74, 6) is 2.99. The number of hydrogen-bond acceptors (Lipinski definition) is 4. The zero-order valence-corrected chi connectivity index (χ0v) is 36.8. The largest absolute Gasteiger partial charge is 0.457 e. The molecule has 8 aromatic rings. The summed E-state index contributed by atoms with van der Waals surface area (Å²) < 4.78 is 9.22. The van der Waals surface area contributed by atoms with Crippen LogP contribution in [0.5, 0.6) is 11.5 Å². The van der Waals surface area contributed by atoms with Gasteiger partial charge in [0.25, 0.3) is 0 Å². The molecule has 0 saturated carbocycles. The van der Waals surface area contributed by atoms with E-state index in [9.17, 15) is 0 Å². The van der Waals surface area contributed by atoms with Crippen LogP contribution in [0.25, 0.3) is 49.9 Å². The smallest absolute Gasteiger partial charge is 0.137 e. The fourth-order valence-corrected chi connectivity index (χ4v) is 8.44. The molecule has 0 saturated heterocycles. The van der Waals surface area contributed by atoms with E-state index in [1.807, 2.05) is 6.20 Å². The highest BCUT2D eigenvalue weighted by Crippen LogP contribution is 2.40. The molecule has 0 spiro atoms. The lowest BCUT2D eigenvalue weighted by molar-refractivity contribution is 0.483. The highest BCUT2D eigenvalue weighted by molar-refractivity contribution is 6.10. The number of pyridine rings is 1. The number of anilines is 2. The molecule has 0 bridgehead atoms. The molecule has 9 rings (SSSR count). The average molecular weight is 801 g/mol. The molecular formula is C56H56N4O. The zero-order valence-electron chi connectivity index (χ0n) is 36.8. The first kappa shape index (κ1) is 39.8. The Bertz CT molecular complexity index is 2860. The van der Waals surface area contributed by atoms with Gasteiger partial charge in [-0.3, -0.25) is 4.57 Å². The summed E-state index contributed by atoms with van der Waals surface area (Å²) in [4.78, 5) is 9.61. The van der Waals surface area contributed by atoms with E-state index < -0.39 is 0 Å². The number of benzene rings is 6. The maximum atomic E-state index is 6.92. The van der Waals surface area contributed by atoms with E-state index in [2.05, 4.69) is 228 Å². The molecule has 0 atom stereocenters. The van der Waals surface area contributed by atoms with Gasteiger partial charge in [0.1, 0.15) is 17.3 Å². The second-order valence-corrected chi connectivity index (χ2v) is 19.1. The van der Waals surface area contributed by atoms with Crippen molar-refractivity contribution in [2.45, 2.75) is 72.6 Å². The summed E-state index contributed by atoms with van der Waals surface area (Å²) in [5, 5.41) is 2.34. The van der Waals surface area contributed by atoms with Crippen LogP contribution in [0.2, 0.25) is 0 Å². The Morgan fingerprint density at radius 3 is 1.82 bits per heavy atom. The van der Waals surface area contributed by atoms with Crippen molar-refractivity contribution in [3.8, 4) is 39.6 Å². The number of nitrogens with zero attached hydrogens (tertiary/aromatic N) is 4. The lowest BCUT2D eigenvalue weighted by Crippen LogP contribution is -2.26. The Labute approximate surface area is 361 Å². The van der Waals surface area contributed by atoms with Gasteiger partial charge in [-0.1, -0.05) is 128 Å². The van der Waals surface area contributed by atoms with Crippen LogP contribution in [0.3, 0.4) is 0 Å². The van der Waals surface area contributed by atoms with Crippen molar-refractivity contribution in [1.29, 1.82) is 0 Å². The van der Waals surface area contributed by atoms with E-state index in [0.29, 0.717) is 12.6 Å². The van der Waals surface area contributed by atoms with Gasteiger partial charge in [-0.25, -0.2) is 4.98 Å². The third-order valence-electron chi connectivity index (χ3n) is 11.8. The summed E-state index contributed by atoms with van der Waals surface area (Å²) in [7, 11) is 0. The molecule has 61 heavy (non-hydrogen) atoms. The van der Waals surface area contributed by atoms with E-state index >= 15 is 0 Å². The molecule has 0 N–H and O–H groups in total. The van der Waals surface area contributed by atoms with Crippen molar-refractivity contribution in [2.24, 2.45) is 5.92 Å². The number of ether oxygens (including phenoxy) is 1. The molecule has 3 heterocycles. The summed E-state index contributed by atoms with van der Waals surface area (Å²) in [5.41, 5.74) is 13.1. The van der Waals surface area contributed by atoms with Gasteiger partial charge in [-0.2, -0.15) is 0 Å². The van der Waals surface area contributed by atoms with Crippen molar-refractivity contribution in [1.82, 2.24) is 9.55 Å². The fourth-order valence-electron chi connectivity index (χ4n) is 8.44. The number of aromatic nitrogens is 2. The van der Waals surface area contributed by atoms with E-state index in [0.717, 1.165) is 57.0 Å². The van der Waals surface area contributed by atoms with E-state index in [1.54, 1.807) is 0 Å². The van der Waals surface area contributed by atoms with Crippen LogP contribution in [0.15, 0.2) is 164 Å². The Balaban J connectivity index is 1.11. The SMILES string of the molecule is CC(C)Cc1ccnc(-n2c3ccc(-c4ccccc4)cc3c3ccc(Oc4cc(-c5ccccc5)cc(N5C=CN(c6cc(C(C)(C)C)cc(C(C)(C)C)c6)C5)c4)cc32)c1. The van der Waals surface area contributed by atoms with Crippen molar-refractivity contribution in [3.05, 3.63) is 181 Å². The van der Waals surface area contributed by atoms with Crippen molar-refractivity contribution in [2.75, 3.05) is 16.5 Å². The van der Waals surface area contributed by atoms with Crippen LogP contribution in [0.1, 0.15) is 72.1 Å². The molecule has 5 heteroatoms. The predicted molar refractivity (Wildman–Crippen MR) is 257 cm³/mol. The molecule has 0 amide bonds. The maximum Gasteiger partial charge on any atom is 0.137 e. The molecule has 1 aliphatic heterocycles. The van der Waals surface area contributed by atoms with Crippen LogP contribution in [0, 0.1) is 5.92 Å². The second kappa shape index (κ2) is 15.8. The minimum absolute atomic E-state index is 0.0339. The van der Waals surface area contributed by atoms with Gasteiger partial charge >= 0.3 is 0 Å². The minimum Gasteiger partial charge on any atom is -0.457 e. The van der Waals surface area contributed by atoms with Crippen molar-refractivity contribution < 1.29 is 4.74 Å². The summed E-state index contributed by atoms with van der Waals surface area (Å²) in [6.07, 6.45) is 7.32.